The molecule has 0 spiro atoms. The summed E-state index contributed by atoms with van der Waals surface area (Å²) in [4.78, 5) is 0. The van der Waals surface area contributed by atoms with Gasteiger partial charge in [0.15, 0.2) is 0 Å². The third-order valence-electron chi connectivity index (χ3n) is 1.51. The van der Waals surface area contributed by atoms with Gasteiger partial charge in [-0.2, -0.15) is 0 Å². The van der Waals surface area contributed by atoms with Crippen molar-refractivity contribution in [3.05, 3.63) is 22.7 Å². The average Bonchev–Trinajstić information content (AvgIpc) is 2.46. The molecule has 0 saturated heterocycles. The molecule has 0 aliphatic rings. The minimum atomic E-state index is 0.437. The van der Waals surface area contributed by atoms with Gasteiger partial charge in [-0.1, -0.05) is 0 Å². The van der Waals surface area contributed by atoms with Crippen molar-refractivity contribution in [1.29, 1.82) is 0 Å². The van der Waals surface area contributed by atoms with Crippen LogP contribution < -0.4 is 2.69 Å². The van der Waals surface area contributed by atoms with E-state index in [4.69, 9.17) is 7.21 Å². The number of halogens is 1. The van der Waals surface area contributed by atoms with E-state index in [-0.39, 0.29) is 0 Å². The molecule has 0 aliphatic carbocycles. The summed E-state index contributed by atoms with van der Waals surface area (Å²) in [5.74, 6) is 0.600. The summed E-state index contributed by atoms with van der Waals surface area (Å²) < 4.78 is 11.2. The number of fused-ring (bicyclic) bond motifs is 1. The molecule has 0 aliphatic heterocycles. The molecule has 12 heavy (non-hydrogen) atoms. The molecule has 0 unspecified atom stereocenters. The zero-order valence-corrected chi connectivity index (χ0v) is 12.0. The van der Waals surface area contributed by atoms with E-state index in [9.17, 15) is 0 Å². The molecule has 0 atom stereocenters. The van der Waals surface area contributed by atoms with Crippen molar-refractivity contribution < 1.29 is 7.21 Å². The first kappa shape index (κ1) is 8.49. The molecule has 2 aromatic rings. The van der Waals surface area contributed by atoms with Crippen molar-refractivity contribution in [2.24, 2.45) is 0 Å². The fourth-order valence-electron chi connectivity index (χ4n) is 0.973. The Kier molecular flexibility index (Phi) is 2.36. The topological polar surface area (TPSA) is 35.3 Å². The first-order valence-electron chi connectivity index (χ1n) is 3.23. The second-order valence-electron chi connectivity index (χ2n) is 2.25. The van der Waals surface area contributed by atoms with Gasteiger partial charge in [0.05, 0.1) is 0 Å². The van der Waals surface area contributed by atoms with E-state index in [0.717, 1.165) is 15.4 Å². The van der Waals surface area contributed by atoms with Crippen molar-refractivity contribution in [3.63, 3.8) is 0 Å². The first-order valence-corrected chi connectivity index (χ1v) is 5.85. The maximum absolute atomic E-state index is 5.15. The molecule has 5 heteroatoms. The summed E-state index contributed by atoms with van der Waals surface area (Å²) in [5.41, 5.74) is 0.750. The van der Waals surface area contributed by atoms with Crippen LogP contribution in [0.2, 0.25) is 0 Å². The van der Waals surface area contributed by atoms with Crippen molar-refractivity contribution in [3.8, 4) is 5.88 Å². The third kappa shape index (κ3) is 1.37. The summed E-state index contributed by atoms with van der Waals surface area (Å²) in [6, 6.07) is 5.73. The van der Waals surface area contributed by atoms with Gasteiger partial charge >= 0.3 is 94.0 Å². The van der Waals surface area contributed by atoms with Crippen LogP contribution in [0.1, 0.15) is 0 Å². The third-order valence-corrected chi connectivity index (χ3v) is 2.87. The molecule has 1 aromatic carbocycles. The van der Waals surface area contributed by atoms with Crippen LogP contribution in [0.5, 0.6) is 5.88 Å². The van der Waals surface area contributed by atoms with Gasteiger partial charge in [0.1, 0.15) is 0 Å². The van der Waals surface area contributed by atoms with Crippen LogP contribution in [0, 0.1) is 0 Å². The Bertz CT molecular complexity index is 415. The van der Waals surface area contributed by atoms with E-state index in [1.165, 1.54) is 0 Å². The van der Waals surface area contributed by atoms with Crippen LogP contribution in [-0.2, 0) is 0 Å². The van der Waals surface area contributed by atoms with Gasteiger partial charge in [-0.05, 0) is 0 Å². The van der Waals surface area contributed by atoms with E-state index >= 15 is 0 Å². The zero-order valence-electron chi connectivity index (χ0n) is 5.95. The Balaban J connectivity index is 2.73. The molecule has 0 bridgehead atoms. The second-order valence-corrected chi connectivity index (χ2v) is 4.08. The molecule has 1 heterocycles. The second kappa shape index (κ2) is 3.33. The van der Waals surface area contributed by atoms with Crippen LogP contribution >= 0.6 is 15.9 Å². The summed E-state index contributed by atoms with van der Waals surface area (Å²) in [5, 5.41) is 4.71. The van der Waals surface area contributed by atoms with Crippen molar-refractivity contribution >= 4 is 53.1 Å². The number of hydrogen-bond donors (Lipinski definition) is 0. The molecule has 0 fully saturated rings. The van der Waals surface area contributed by atoms with Crippen LogP contribution in [-0.4, -0.2) is 31.4 Å². The van der Waals surface area contributed by atoms with Gasteiger partial charge in [0.25, 0.3) is 0 Å². The fourth-order valence-corrected chi connectivity index (χ4v) is 1.97. The predicted octanol–water partition coefficient (Wildman–Crippen LogP) is 2.05. The normalized spacial score (nSPS) is 10.3. The van der Waals surface area contributed by atoms with Gasteiger partial charge in [-0.3, -0.25) is 0 Å². The molecule has 2 rings (SSSR count). The fraction of sp³-hybridized carbons (Fsp3) is 0. The quantitative estimate of drug-likeness (QED) is 0.667. The van der Waals surface area contributed by atoms with E-state index in [1.54, 1.807) is 0 Å². The van der Waals surface area contributed by atoms with Crippen LogP contribution in [0.3, 0.4) is 0 Å². The summed E-state index contributed by atoms with van der Waals surface area (Å²) in [6.07, 6.45) is 0. The Hall–Kier alpha value is -0.108. The molecule has 3 nitrogen and oxygen atoms in total. The minimum absolute atomic E-state index is 0.437. The van der Waals surface area contributed by atoms with Crippen LogP contribution in [0.15, 0.2) is 27.2 Å². The van der Waals surface area contributed by atoms with Gasteiger partial charge in [0, 0.05) is 0 Å². The van der Waals surface area contributed by atoms with Crippen molar-refractivity contribution in [2.75, 3.05) is 0 Å². The summed E-state index contributed by atoms with van der Waals surface area (Å²) >= 11 is 3.78. The SMILES string of the molecule is Brc1ccc2c([O][Tl])noc2c1. The van der Waals surface area contributed by atoms with Crippen LogP contribution in [0.25, 0.3) is 11.0 Å². The Morgan fingerprint density at radius 1 is 1.50 bits per heavy atom. The number of nitrogens with zero attached hydrogens (tertiary/aromatic N) is 1. The van der Waals surface area contributed by atoms with E-state index < -0.39 is 0 Å². The summed E-state index contributed by atoms with van der Waals surface area (Å²) in [6.45, 7) is 0. The average molecular weight is 417 g/mol. The van der Waals surface area contributed by atoms with E-state index in [1.807, 2.05) is 18.2 Å². The molecule has 0 saturated carbocycles. The predicted molar refractivity (Wildman–Crippen MR) is 48.1 cm³/mol. The maximum atomic E-state index is 5.15. The zero-order chi connectivity index (χ0) is 8.55. The van der Waals surface area contributed by atoms with Gasteiger partial charge in [-0.15, -0.1) is 0 Å². The van der Waals surface area contributed by atoms with E-state index in [2.05, 4.69) is 21.1 Å². The van der Waals surface area contributed by atoms with Crippen LogP contribution in [0.4, 0.5) is 0 Å². The van der Waals surface area contributed by atoms with Crippen molar-refractivity contribution in [2.45, 2.75) is 0 Å². The van der Waals surface area contributed by atoms with E-state index in [0.29, 0.717) is 32.1 Å². The monoisotopic (exact) mass is 417 g/mol. The molecule has 0 radical (unpaired) electrons. The number of aromatic nitrogens is 1. The molecule has 0 N–H and O–H groups in total. The first-order chi connectivity index (χ1) is 5.81. The molecular weight excluding hydrogens is 414 g/mol. The Morgan fingerprint density at radius 2 is 2.33 bits per heavy atom. The van der Waals surface area contributed by atoms with Gasteiger partial charge in [-0.25, -0.2) is 0 Å². The summed E-state index contributed by atoms with van der Waals surface area (Å²) in [7, 11) is 0. The Labute approximate surface area is 93.5 Å². The molecular formula is C7H3BrNO2Tl. The standard InChI is InChI=1S/C7H4BrNO2.Tl/c8-4-1-2-5-6(3-4)11-9-7(5)10;/h1-3H,(H,9,10);/q;+1/p-1. The van der Waals surface area contributed by atoms with Crippen molar-refractivity contribution in [1.82, 2.24) is 5.16 Å². The molecule has 0 amide bonds. The molecule has 58 valence electrons. The number of hydrogen-bond acceptors (Lipinski definition) is 3. The molecule has 1 aromatic heterocycles. The van der Waals surface area contributed by atoms with Gasteiger partial charge < -0.3 is 0 Å². The number of rotatable bonds is 1. The Morgan fingerprint density at radius 3 is 3.08 bits per heavy atom. The number of benzene rings is 1. The van der Waals surface area contributed by atoms with Gasteiger partial charge in [0.2, 0.25) is 0 Å².